The van der Waals surface area contributed by atoms with Gasteiger partial charge in [0.2, 0.25) is 0 Å². The van der Waals surface area contributed by atoms with Crippen LogP contribution in [-0.4, -0.2) is 44.8 Å². The maximum atomic E-state index is 5.66. The lowest BCUT2D eigenvalue weighted by molar-refractivity contribution is 0.162. The van der Waals surface area contributed by atoms with Crippen molar-refractivity contribution in [3.63, 3.8) is 0 Å². The first-order chi connectivity index (χ1) is 13.8. The Balaban J connectivity index is 1.70. The van der Waals surface area contributed by atoms with Gasteiger partial charge < -0.3 is 19.5 Å². The Morgan fingerprint density at radius 3 is 2.61 bits per heavy atom. The molecule has 2 atom stereocenters. The van der Waals surface area contributed by atoms with Crippen LogP contribution < -0.4 is 5.32 Å². The monoisotopic (exact) mass is 393 g/mol. The number of hydrogen-bond acceptors (Lipinski definition) is 4. The summed E-state index contributed by atoms with van der Waals surface area (Å²) in [5.74, 6) is 0. The number of ether oxygens (including phenoxy) is 1. The molecule has 0 radical (unpaired) electrons. The van der Waals surface area contributed by atoms with E-state index < -0.39 is 0 Å². The summed E-state index contributed by atoms with van der Waals surface area (Å²) in [6, 6.07) is 16.2. The van der Waals surface area contributed by atoms with Crippen LogP contribution in [0.15, 0.2) is 67.1 Å². The SMILES string of the molecule is COCCN1C(=S)N[C@H](c2ccccn2)[C@H]1c1cccn1Cc1ccccn1. The Hall–Kier alpha value is -2.77. The van der Waals surface area contributed by atoms with Gasteiger partial charge in [-0.3, -0.25) is 9.97 Å². The van der Waals surface area contributed by atoms with Gasteiger partial charge >= 0.3 is 0 Å². The van der Waals surface area contributed by atoms with Crippen molar-refractivity contribution in [3.8, 4) is 0 Å². The lowest BCUT2D eigenvalue weighted by Crippen LogP contribution is -2.33. The molecule has 0 spiro atoms. The summed E-state index contributed by atoms with van der Waals surface area (Å²) in [6.07, 6.45) is 5.74. The quantitative estimate of drug-likeness (QED) is 0.623. The zero-order valence-corrected chi connectivity index (χ0v) is 16.5. The largest absolute Gasteiger partial charge is 0.383 e. The van der Waals surface area contributed by atoms with Gasteiger partial charge in [0.1, 0.15) is 0 Å². The zero-order valence-electron chi connectivity index (χ0n) is 15.7. The van der Waals surface area contributed by atoms with Gasteiger partial charge in [-0.05, 0) is 48.6 Å². The standard InChI is InChI=1S/C21H23N5OS/c1-27-14-13-26-20(19(24-21(26)28)17-8-3-5-11-23-17)18-9-6-12-25(18)15-16-7-2-4-10-22-16/h2-12,19-20H,13-15H2,1H3,(H,24,28)/t19-,20-/m1/s1. The van der Waals surface area contributed by atoms with Crippen LogP contribution in [0.4, 0.5) is 0 Å². The molecular weight excluding hydrogens is 370 g/mol. The number of nitrogens with one attached hydrogen (secondary N) is 1. The lowest BCUT2D eigenvalue weighted by atomic mass is 10.0. The Bertz CT molecular complexity index is 915. The van der Waals surface area contributed by atoms with E-state index in [1.54, 1.807) is 7.11 Å². The third-order valence-corrected chi connectivity index (χ3v) is 5.31. The van der Waals surface area contributed by atoms with E-state index in [4.69, 9.17) is 17.0 Å². The first-order valence-corrected chi connectivity index (χ1v) is 9.70. The van der Waals surface area contributed by atoms with Gasteiger partial charge in [0.05, 0.1) is 36.6 Å². The van der Waals surface area contributed by atoms with Gasteiger partial charge in [0.15, 0.2) is 5.11 Å². The normalized spacial score (nSPS) is 19.0. The predicted octanol–water partition coefficient (Wildman–Crippen LogP) is 2.95. The molecular formula is C21H23N5OS. The van der Waals surface area contributed by atoms with Gasteiger partial charge in [-0.2, -0.15) is 0 Å². The Morgan fingerprint density at radius 1 is 1.07 bits per heavy atom. The molecule has 0 aliphatic carbocycles. The average Bonchev–Trinajstić information content (AvgIpc) is 3.31. The second-order valence-corrected chi connectivity index (χ2v) is 7.08. The third-order valence-electron chi connectivity index (χ3n) is 4.96. The van der Waals surface area contributed by atoms with E-state index in [1.165, 1.54) is 5.69 Å². The molecule has 1 saturated heterocycles. The van der Waals surface area contributed by atoms with E-state index in [9.17, 15) is 0 Å². The molecule has 1 fully saturated rings. The number of hydrogen-bond donors (Lipinski definition) is 1. The molecule has 4 heterocycles. The molecule has 6 nitrogen and oxygen atoms in total. The van der Waals surface area contributed by atoms with E-state index in [-0.39, 0.29) is 12.1 Å². The molecule has 1 N–H and O–H groups in total. The lowest BCUT2D eigenvalue weighted by Gasteiger charge is -2.28. The van der Waals surface area contributed by atoms with Crippen LogP contribution >= 0.6 is 12.2 Å². The molecule has 3 aromatic heterocycles. The summed E-state index contributed by atoms with van der Waals surface area (Å²) in [5.41, 5.74) is 3.16. The van der Waals surface area contributed by atoms with Crippen LogP contribution in [0.1, 0.15) is 29.2 Å². The highest BCUT2D eigenvalue weighted by molar-refractivity contribution is 7.80. The fourth-order valence-corrected chi connectivity index (χ4v) is 4.00. The van der Waals surface area contributed by atoms with Crippen LogP contribution in [0, 0.1) is 0 Å². The molecule has 1 aliphatic rings. The molecule has 0 unspecified atom stereocenters. The van der Waals surface area contributed by atoms with E-state index in [0.717, 1.165) is 16.5 Å². The Morgan fingerprint density at radius 2 is 1.89 bits per heavy atom. The summed E-state index contributed by atoms with van der Waals surface area (Å²) in [7, 11) is 1.71. The molecule has 144 valence electrons. The van der Waals surface area contributed by atoms with Gasteiger partial charge in [-0.1, -0.05) is 12.1 Å². The van der Waals surface area contributed by atoms with E-state index in [0.29, 0.717) is 19.7 Å². The fraction of sp³-hybridized carbons (Fsp3) is 0.286. The van der Waals surface area contributed by atoms with Gasteiger partial charge in [-0.25, -0.2) is 0 Å². The number of aromatic nitrogens is 3. The van der Waals surface area contributed by atoms with Crippen molar-refractivity contribution in [2.24, 2.45) is 0 Å². The van der Waals surface area contributed by atoms with Gasteiger partial charge in [0.25, 0.3) is 0 Å². The minimum absolute atomic E-state index is 0.0243. The summed E-state index contributed by atoms with van der Waals surface area (Å²) in [6.45, 7) is 2.03. The van der Waals surface area contributed by atoms with Crippen LogP contribution in [0.2, 0.25) is 0 Å². The summed E-state index contributed by atoms with van der Waals surface area (Å²) >= 11 is 5.66. The molecule has 3 aromatic rings. The first kappa shape index (κ1) is 18.6. The van der Waals surface area contributed by atoms with Gasteiger partial charge in [0, 0.05) is 37.9 Å². The molecule has 7 heteroatoms. The molecule has 0 amide bonds. The average molecular weight is 394 g/mol. The second-order valence-electron chi connectivity index (χ2n) is 6.69. The highest BCUT2D eigenvalue weighted by Crippen LogP contribution is 2.38. The molecule has 0 bridgehead atoms. The molecule has 4 rings (SSSR count). The first-order valence-electron chi connectivity index (χ1n) is 9.30. The van der Waals surface area contributed by atoms with E-state index in [1.807, 2.05) is 48.8 Å². The summed E-state index contributed by atoms with van der Waals surface area (Å²) in [5, 5.41) is 4.19. The maximum absolute atomic E-state index is 5.66. The van der Waals surface area contributed by atoms with E-state index in [2.05, 4.69) is 43.1 Å². The summed E-state index contributed by atoms with van der Waals surface area (Å²) < 4.78 is 7.56. The summed E-state index contributed by atoms with van der Waals surface area (Å²) in [4.78, 5) is 11.3. The molecule has 1 aliphatic heterocycles. The maximum Gasteiger partial charge on any atom is 0.170 e. The minimum Gasteiger partial charge on any atom is -0.383 e. The smallest absolute Gasteiger partial charge is 0.170 e. The number of methoxy groups -OCH3 is 1. The highest BCUT2D eigenvalue weighted by Gasteiger charge is 2.40. The fourth-order valence-electron chi connectivity index (χ4n) is 3.66. The number of pyridine rings is 2. The van der Waals surface area contributed by atoms with Crippen molar-refractivity contribution in [2.75, 3.05) is 20.3 Å². The van der Waals surface area contributed by atoms with Crippen LogP contribution in [0.25, 0.3) is 0 Å². The molecule has 0 aromatic carbocycles. The number of nitrogens with zero attached hydrogens (tertiary/aromatic N) is 4. The van der Waals surface area contributed by atoms with Gasteiger partial charge in [-0.15, -0.1) is 0 Å². The third kappa shape index (κ3) is 3.76. The van der Waals surface area contributed by atoms with Crippen LogP contribution in [0.3, 0.4) is 0 Å². The van der Waals surface area contributed by atoms with Crippen molar-refractivity contribution in [1.82, 2.24) is 24.8 Å². The van der Waals surface area contributed by atoms with Crippen molar-refractivity contribution in [2.45, 2.75) is 18.6 Å². The van der Waals surface area contributed by atoms with Crippen LogP contribution in [0.5, 0.6) is 0 Å². The van der Waals surface area contributed by atoms with Crippen molar-refractivity contribution >= 4 is 17.3 Å². The number of thiocarbonyl (C=S) groups is 1. The number of rotatable bonds is 7. The van der Waals surface area contributed by atoms with E-state index >= 15 is 0 Å². The zero-order chi connectivity index (χ0) is 19.3. The van der Waals surface area contributed by atoms with Crippen molar-refractivity contribution in [3.05, 3.63) is 84.2 Å². The van der Waals surface area contributed by atoms with Crippen molar-refractivity contribution in [1.29, 1.82) is 0 Å². The Labute approximate surface area is 170 Å². The Kier molecular flexibility index (Phi) is 5.64. The predicted molar refractivity (Wildman–Crippen MR) is 112 cm³/mol. The second kappa shape index (κ2) is 8.50. The highest BCUT2D eigenvalue weighted by atomic mass is 32.1. The molecule has 0 saturated carbocycles. The topological polar surface area (TPSA) is 55.2 Å². The van der Waals surface area contributed by atoms with Crippen molar-refractivity contribution < 1.29 is 4.74 Å². The minimum atomic E-state index is -0.0251. The van der Waals surface area contributed by atoms with Crippen LogP contribution in [-0.2, 0) is 11.3 Å². The molecule has 28 heavy (non-hydrogen) atoms.